The molecule has 174 valence electrons. The van der Waals surface area contributed by atoms with Crippen molar-refractivity contribution in [2.45, 2.75) is 37.2 Å². The third-order valence-corrected chi connectivity index (χ3v) is 7.55. The van der Waals surface area contributed by atoms with Gasteiger partial charge in [-0.2, -0.15) is 0 Å². The minimum atomic E-state index is -1.25. The number of likely N-dealkylation sites (tertiary alicyclic amines) is 1. The van der Waals surface area contributed by atoms with Crippen LogP contribution in [0.3, 0.4) is 0 Å². The van der Waals surface area contributed by atoms with E-state index < -0.39 is 23.2 Å². The van der Waals surface area contributed by atoms with Gasteiger partial charge in [0.1, 0.15) is 17.8 Å². The fraction of sp³-hybridized carbons (Fsp3) is 0.259. The number of rotatable bonds is 6. The maximum absolute atomic E-state index is 12.5. The van der Waals surface area contributed by atoms with Gasteiger partial charge in [-0.05, 0) is 66.3 Å². The number of fused-ring (bicyclic) bond motifs is 1. The molecule has 1 fully saturated rings. The summed E-state index contributed by atoms with van der Waals surface area (Å²) >= 11 is -1.25. The van der Waals surface area contributed by atoms with E-state index in [2.05, 4.69) is 25.1 Å². The van der Waals surface area contributed by atoms with Crippen LogP contribution in [-0.4, -0.2) is 44.4 Å². The van der Waals surface area contributed by atoms with Gasteiger partial charge in [0, 0.05) is 23.7 Å². The SMILES string of the molecule is Cc1c(-c2ccccc2)cccc1-c1nc2cc(CN3CCC[C@H]3C(=O)O)c([S+](C)[O-])cc2o1. The van der Waals surface area contributed by atoms with Crippen LogP contribution in [0, 0.1) is 6.92 Å². The summed E-state index contributed by atoms with van der Waals surface area (Å²) in [6.45, 7) is 3.19. The monoisotopic (exact) mass is 474 g/mol. The molecule has 5 rings (SSSR count). The highest BCUT2D eigenvalue weighted by molar-refractivity contribution is 7.90. The summed E-state index contributed by atoms with van der Waals surface area (Å²) in [5.74, 6) is -0.296. The smallest absolute Gasteiger partial charge is 0.320 e. The van der Waals surface area contributed by atoms with Crippen molar-refractivity contribution in [2.24, 2.45) is 0 Å². The third-order valence-electron chi connectivity index (χ3n) is 6.55. The molecule has 1 N–H and O–H groups in total. The van der Waals surface area contributed by atoms with Crippen LogP contribution in [0.4, 0.5) is 0 Å². The van der Waals surface area contributed by atoms with Gasteiger partial charge >= 0.3 is 5.97 Å². The summed E-state index contributed by atoms with van der Waals surface area (Å²) in [7, 11) is 0. The first-order chi connectivity index (χ1) is 16.4. The average molecular weight is 475 g/mol. The highest BCUT2D eigenvalue weighted by atomic mass is 32.2. The second-order valence-corrected chi connectivity index (χ2v) is 10.1. The van der Waals surface area contributed by atoms with Crippen LogP contribution in [0.1, 0.15) is 24.0 Å². The van der Waals surface area contributed by atoms with Crippen molar-refractivity contribution < 1.29 is 18.9 Å². The Morgan fingerprint density at radius 1 is 1.18 bits per heavy atom. The van der Waals surface area contributed by atoms with Gasteiger partial charge in [0.05, 0.1) is 0 Å². The zero-order valence-electron chi connectivity index (χ0n) is 19.2. The molecule has 34 heavy (non-hydrogen) atoms. The van der Waals surface area contributed by atoms with Gasteiger partial charge in [-0.15, -0.1) is 0 Å². The molecular weight excluding hydrogens is 448 g/mol. The quantitative estimate of drug-likeness (QED) is 0.384. The molecule has 1 aliphatic rings. The molecular formula is C27H26N2O4S. The van der Waals surface area contributed by atoms with Gasteiger partial charge in [0.25, 0.3) is 0 Å². The Hall–Kier alpha value is -3.13. The Balaban J connectivity index is 1.55. The van der Waals surface area contributed by atoms with E-state index in [4.69, 9.17) is 9.40 Å². The number of carbonyl (C=O) groups is 1. The van der Waals surface area contributed by atoms with Crippen LogP contribution >= 0.6 is 0 Å². The van der Waals surface area contributed by atoms with Crippen molar-refractivity contribution in [1.29, 1.82) is 0 Å². The van der Waals surface area contributed by atoms with Gasteiger partial charge in [0.2, 0.25) is 5.89 Å². The van der Waals surface area contributed by atoms with Gasteiger partial charge < -0.3 is 14.1 Å². The summed E-state index contributed by atoms with van der Waals surface area (Å²) in [6.07, 6.45) is 3.11. The van der Waals surface area contributed by atoms with Crippen molar-refractivity contribution in [2.75, 3.05) is 12.8 Å². The van der Waals surface area contributed by atoms with E-state index in [1.54, 1.807) is 12.3 Å². The predicted molar refractivity (Wildman–Crippen MR) is 133 cm³/mol. The Bertz CT molecular complexity index is 1350. The zero-order chi connectivity index (χ0) is 23.8. The molecule has 1 aromatic heterocycles. The molecule has 2 atom stereocenters. The lowest BCUT2D eigenvalue weighted by Crippen LogP contribution is -2.35. The molecule has 0 bridgehead atoms. The van der Waals surface area contributed by atoms with E-state index in [9.17, 15) is 14.5 Å². The first-order valence-corrected chi connectivity index (χ1v) is 12.9. The predicted octanol–water partition coefficient (Wildman–Crippen LogP) is 5.26. The van der Waals surface area contributed by atoms with Crippen LogP contribution in [0.15, 0.2) is 70.0 Å². The number of hydrogen-bond acceptors (Lipinski definition) is 5. The molecule has 1 unspecified atom stereocenters. The van der Waals surface area contributed by atoms with Crippen LogP contribution in [-0.2, 0) is 22.5 Å². The molecule has 7 heteroatoms. The summed E-state index contributed by atoms with van der Waals surface area (Å²) < 4.78 is 18.7. The Morgan fingerprint density at radius 3 is 2.68 bits per heavy atom. The van der Waals surface area contributed by atoms with Crippen LogP contribution in [0.2, 0.25) is 0 Å². The normalized spacial score (nSPS) is 17.3. The molecule has 0 amide bonds. The summed E-state index contributed by atoms with van der Waals surface area (Å²) in [5, 5.41) is 9.54. The number of benzene rings is 3. The number of aliphatic carboxylic acids is 1. The number of hydrogen-bond donors (Lipinski definition) is 1. The molecule has 0 saturated carbocycles. The largest absolute Gasteiger partial charge is 0.612 e. The average Bonchev–Trinajstić information content (AvgIpc) is 3.46. The van der Waals surface area contributed by atoms with Crippen LogP contribution < -0.4 is 0 Å². The molecule has 0 spiro atoms. The summed E-state index contributed by atoms with van der Waals surface area (Å²) in [4.78, 5) is 19.0. The first-order valence-electron chi connectivity index (χ1n) is 11.3. The van der Waals surface area contributed by atoms with Crippen molar-refractivity contribution >= 4 is 28.2 Å². The minimum absolute atomic E-state index is 0.423. The minimum Gasteiger partial charge on any atom is -0.612 e. The van der Waals surface area contributed by atoms with Crippen molar-refractivity contribution in [1.82, 2.24) is 9.88 Å². The van der Waals surface area contributed by atoms with Gasteiger partial charge in [0.15, 0.2) is 10.5 Å². The molecule has 2 heterocycles. The topological polar surface area (TPSA) is 89.6 Å². The Kier molecular flexibility index (Phi) is 6.16. The van der Waals surface area contributed by atoms with E-state index in [0.717, 1.165) is 34.2 Å². The first kappa shape index (κ1) is 22.7. The fourth-order valence-electron chi connectivity index (χ4n) is 4.82. The number of carboxylic acids is 1. The number of nitrogens with zero attached hydrogens (tertiary/aromatic N) is 2. The fourth-order valence-corrected chi connectivity index (χ4v) is 5.58. The highest BCUT2D eigenvalue weighted by Gasteiger charge is 2.32. The summed E-state index contributed by atoms with van der Waals surface area (Å²) in [6, 6.07) is 19.4. The van der Waals surface area contributed by atoms with E-state index in [0.29, 0.717) is 41.4 Å². The second-order valence-electron chi connectivity index (χ2n) is 8.71. The van der Waals surface area contributed by atoms with Crippen LogP contribution in [0.5, 0.6) is 0 Å². The van der Waals surface area contributed by atoms with Crippen molar-refractivity contribution in [3.05, 3.63) is 71.8 Å². The van der Waals surface area contributed by atoms with E-state index in [-0.39, 0.29) is 0 Å². The van der Waals surface area contributed by atoms with Crippen molar-refractivity contribution in [3.63, 3.8) is 0 Å². The maximum Gasteiger partial charge on any atom is 0.320 e. The van der Waals surface area contributed by atoms with Crippen LogP contribution in [0.25, 0.3) is 33.7 Å². The number of carboxylic acid groups (broad SMARTS) is 1. The Morgan fingerprint density at radius 2 is 1.94 bits per heavy atom. The number of oxazole rings is 1. The standard InChI is InChI=1S/C27H26N2O4S/c1-17-20(18-8-4-3-5-9-18)10-6-11-21(17)26-28-22-14-19(25(34(2)32)15-24(22)33-26)16-29-13-7-12-23(29)27(30)31/h3-6,8-11,14-15,23H,7,12-13,16H2,1-2H3,(H,30,31)/t23-,34?/m0/s1. The maximum atomic E-state index is 12.5. The molecule has 3 aromatic carbocycles. The van der Waals surface area contributed by atoms with E-state index >= 15 is 0 Å². The zero-order valence-corrected chi connectivity index (χ0v) is 20.0. The molecule has 4 aromatic rings. The van der Waals surface area contributed by atoms with E-state index in [1.807, 2.05) is 41.3 Å². The lowest BCUT2D eigenvalue weighted by Gasteiger charge is -2.22. The molecule has 0 radical (unpaired) electrons. The molecule has 0 aliphatic carbocycles. The second kappa shape index (κ2) is 9.25. The van der Waals surface area contributed by atoms with Gasteiger partial charge in [-0.25, -0.2) is 4.98 Å². The molecule has 1 saturated heterocycles. The lowest BCUT2D eigenvalue weighted by molar-refractivity contribution is -0.142. The van der Waals surface area contributed by atoms with E-state index in [1.165, 1.54) is 0 Å². The summed E-state index contributed by atoms with van der Waals surface area (Å²) in [5.41, 5.74) is 6.30. The van der Waals surface area contributed by atoms with Gasteiger partial charge in [-0.1, -0.05) is 42.5 Å². The number of aromatic nitrogens is 1. The van der Waals surface area contributed by atoms with Gasteiger partial charge in [-0.3, -0.25) is 9.69 Å². The Labute approximate surface area is 201 Å². The van der Waals surface area contributed by atoms with Crippen molar-refractivity contribution in [3.8, 4) is 22.6 Å². The highest BCUT2D eigenvalue weighted by Crippen LogP contribution is 2.35. The lowest BCUT2D eigenvalue weighted by atomic mass is 9.96. The third kappa shape index (κ3) is 4.22. The molecule has 1 aliphatic heterocycles. The molecule has 6 nitrogen and oxygen atoms in total.